The van der Waals surface area contributed by atoms with Gasteiger partial charge in [-0.3, -0.25) is 0 Å². The Morgan fingerprint density at radius 1 is 0.950 bits per heavy atom. The van der Waals surface area contributed by atoms with Gasteiger partial charge in [0, 0.05) is 26.6 Å². The van der Waals surface area contributed by atoms with E-state index in [1.165, 1.54) is 29.9 Å². The van der Waals surface area contributed by atoms with Gasteiger partial charge in [-0.2, -0.15) is 11.3 Å². The second-order valence-corrected chi connectivity index (χ2v) is 7.56. The highest BCUT2D eigenvalue weighted by Crippen LogP contribution is 2.45. The Labute approximate surface area is 126 Å². The van der Waals surface area contributed by atoms with Gasteiger partial charge in [0.1, 0.15) is 5.58 Å². The molecule has 4 heterocycles. The molecule has 0 N–H and O–H groups in total. The fraction of sp³-hybridized carbons (Fsp3) is 0. The summed E-state index contributed by atoms with van der Waals surface area (Å²) in [6.45, 7) is 0. The van der Waals surface area contributed by atoms with Crippen LogP contribution in [0.4, 0.5) is 0 Å². The van der Waals surface area contributed by atoms with Crippen molar-refractivity contribution >= 4 is 64.7 Å². The lowest BCUT2D eigenvalue weighted by Crippen LogP contribution is -1.61. The molecular weight excluding hydrogens is 304 g/mol. The summed E-state index contributed by atoms with van der Waals surface area (Å²) >= 11 is 5.39. The number of furan rings is 1. The molecule has 0 spiro atoms. The maximum Gasteiger partial charge on any atom is 0.154 e. The Kier molecular flexibility index (Phi) is 2.19. The largest absolute Gasteiger partial charge is 0.454 e. The molecule has 1 nitrogen and oxygen atoms in total. The van der Waals surface area contributed by atoms with Gasteiger partial charge in [0.15, 0.2) is 5.58 Å². The number of fused-ring (bicyclic) bond motifs is 5. The van der Waals surface area contributed by atoms with Crippen LogP contribution < -0.4 is 0 Å². The standard InChI is InChI=1S/C16H8OS3/c1-2-4-12-10(3-1)14-16(19-12)15-11(17-14)7-13(20-15)9-5-6-18-8-9/h1-8H. The van der Waals surface area contributed by atoms with Crippen LogP contribution in [-0.4, -0.2) is 0 Å². The van der Waals surface area contributed by atoms with Crippen LogP contribution in [0.2, 0.25) is 0 Å². The highest BCUT2D eigenvalue weighted by atomic mass is 32.1. The van der Waals surface area contributed by atoms with Crippen LogP contribution in [0.15, 0.2) is 51.6 Å². The van der Waals surface area contributed by atoms with E-state index < -0.39 is 0 Å². The third-order valence-corrected chi connectivity index (χ3v) is 6.64. The lowest BCUT2D eigenvalue weighted by atomic mass is 10.2. The first-order chi connectivity index (χ1) is 9.90. The predicted octanol–water partition coefficient (Wildman–Crippen LogP) is 6.59. The first-order valence-electron chi connectivity index (χ1n) is 6.26. The minimum absolute atomic E-state index is 1.02. The van der Waals surface area contributed by atoms with E-state index in [-0.39, 0.29) is 0 Å². The Bertz CT molecular complexity index is 1040. The Morgan fingerprint density at radius 2 is 1.90 bits per heavy atom. The topological polar surface area (TPSA) is 13.1 Å². The fourth-order valence-corrected chi connectivity index (χ4v) is 5.61. The van der Waals surface area contributed by atoms with E-state index in [1.807, 2.05) is 22.7 Å². The summed E-state index contributed by atoms with van der Waals surface area (Å²) in [4.78, 5) is 1.29. The van der Waals surface area contributed by atoms with Crippen LogP contribution in [0.3, 0.4) is 0 Å². The molecule has 0 aliphatic carbocycles. The van der Waals surface area contributed by atoms with Crippen LogP contribution >= 0.6 is 34.0 Å². The molecule has 4 aromatic heterocycles. The summed E-state index contributed by atoms with van der Waals surface area (Å²) in [6, 6.07) is 12.8. The molecule has 20 heavy (non-hydrogen) atoms. The van der Waals surface area contributed by atoms with Crippen molar-refractivity contribution < 1.29 is 4.42 Å². The highest BCUT2D eigenvalue weighted by Gasteiger charge is 2.16. The fourth-order valence-electron chi connectivity index (χ4n) is 2.54. The van der Waals surface area contributed by atoms with E-state index in [2.05, 4.69) is 47.2 Å². The number of rotatable bonds is 1. The monoisotopic (exact) mass is 312 g/mol. The summed E-state index contributed by atoms with van der Waals surface area (Å²) in [5.74, 6) is 0. The molecule has 0 bridgehead atoms. The van der Waals surface area contributed by atoms with Gasteiger partial charge in [0.05, 0.1) is 9.40 Å². The Balaban J connectivity index is 1.87. The van der Waals surface area contributed by atoms with Gasteiger partial charge in [0.25, 0.3) is 0 Å². The summed E-state index contributed by atoms with van der Waals surface area (Å²) < 4.78 is 9.97. The minimum atomic E-state index is 1.02. The molecule has 0 aliphatic heterocycles. The van der Waals surface area contributed by atoms with Gasteiger partial charge in [-0.25, -0.2) is 0 Å². The molecule has 0 saturated carbocycles. The Hall–Kier alpha value is -1.62. The first kappa shape index (κ1) is 11.1. The van der Waals surface area contributed by atoms with Crippen molar-refractivity contribution in [3.63, 3.8) is 0 Å². The average Bonchev–Trinajstić information content (AvgIpc) is 3.19. The van der Waals surface area contributed by atoms with E-state index in [9.17, 15) is 0 Å². The number of thiophene rings is 3. The molecule has 96 valence electrons. The van der Waals surface area contributed by atoms with Gasteiger partial charge in [0.2, 0.25) is 0 Å². The van der Waals surface area contributed by atoms with Crippen molar-refractivity contribution in [1.29, 1.82) is 0 Å². The van der Waals surface area contributed by atoms with Crippen LogP contribution in [0.5, 0.6) is 0 Å². The molecule has 5 rings (SSSR count). The first-order valence-corrected chi connectivity index (χ1v) is 8.84. The summed E-state index contributed by atoms with van der Waals surface area (Å²) in [5, 5.41) is 5.53. The van der Waals surface area contributed by atoms with Gasteiger partial charge in [-0.1, -0.05) is 12.1 Å². The molecule has 0 radical (unpaired) electrons. The normalized spacial score (nSPS) is 12.0. The molecule has 0 aliphatic rings. The van der Waals surface area contributed by atoms with Crippen molar-refractivity contribution in [1.82, 2.24) is 0 Å². The van der Waals surface area contributed by atoms with Gasteiger partial charge in [-0.15, -0.1) is 22.7 Å². The van der Waals surface area contributed by atoms with E-state index >= 15 is 0 Å². The average molecular weight is 312 g/mol. The van der Waals surface area contributed by atoms with Gasteiger partial charge in [-0.05, 0) is 29.0 Å². The second-order valence-electron chi connectivity index (χ2n) is 4.67. The summed E-state index contributed by atoms with van der Waals surface area (Å²) in [5.41, 5.74) is 3.35. The third kappa shape index (κ3) is 1.41. The van der Waals surface area contributed by atoms with E-state index in [0.29, 0.717) is 0 Å². The van der Waals surface area contributed by atoms with Crippen molar-refractivity contribution in [2.75, 3.05) is 0 Å². The van der Waals surface area contributed by atoms with Gasteiger partial charge < -0.3 is 4.42 Å². The number of hydrogen-bond acceptors (Lipinski definition) is 4. The van der Waals surface area contributed by atoms with E-state index in [0.717, 1.165) is 11.2 Å². The smallest absolute Gasteiger partial charge is 0.154 e. The lowest BCUT2D eigenvalue weighted by Gasteiger charge is -1.87. The molecule has 0 amide bonds. The van der Waals surface area contributed by atoms with Crippen molar-refractivity contribution in [2.45, 2.75) is 0 Å². The molecule has 0 unspecified atom stereocenters. The molecule has 0 fully saturated rings. The van der Waals surface area contributed by atoms with E-state index in [4.69, 9.17) is 4.42 Å². The zero-order valence-corrected chi connectivity index (χ0v) is 12.7. The zero-order valence-electron chi connectivity index (χ0n) is 10.3. The van der Waals surface area contributed by atoms with Crippen molar-refractivity contribution in [3.8, 4) is 10.4 Å². The maximum atomic E-state index is 6.11. The molecule has 1 aromatic carbocycles. The number of hydrogen-bond donors (Lipinski definition) is 0. The predicted molar refractivity (Wildman–Crippen MR) is 90.3 cm³/mol. The highest BCUT2D eigenvalue weighted by molar-refractivity contribution is 7.32. The second kappa shape index (κ2) is 3.95. The van der Waals surface area contributed by atoms with Crippen LogP contribution in [0.25, 0.3) is 41.1 Å². The Morgan fingerprint density at radius 3 is 2.80 bits per heavy atom. The third-order valence-electron chi connectivity index (χ3n) is 3.47. The van der Waals surface area contributed by atoms with Crippen LogP contribution in [0.1, 0.15) is 0 Å². The minimum Gasteiger partial charge on any atom is -0.454 e. The maximum absolute atomic E-state index is 6.11. The van der Waals surface area contributed by atoms with Crippen LogP contribution in [-0.2, 0) is 0 Å². The molecule has 4 heteroatoms. The zero-order chi connectivity index (χ0) is 13.1. The van der Waals surface area contributed by atoms with E-state index in [1.54, 1.807) is 11.3 Å². The lowest BCUT2D eigenvalue weighted by molar-refractivity contribution is 0.674. The summed E-state index contributed by atoms with van der Waals surface area (Å²) in [7, 11) is 0. The quantitative estimate of drug-likeness (QED) is 0.340. The molecule has 0 saturated heterocycles. The van der Waals surface area contributed by atoms with Gasteiger partial charge >= 0.3 is 0 Å². The van der Waals surface area contributed by atoms with Crippen molar-refractivity contribution in [3.05, 3.63) is 47.2 Å². The van der Waals surface area contributed by atoms with Crippen molar-refractivity contribution in [2.24, 2.45) is 0 Å². The van der Waals surface area contributed by atoms with Crippen LogP contribution in [0, 0.1) is 0 Å². The SMILES string of the molecule is c1ccc2c(c1)sc1c2oc2cc(-c3ccsc3)sc21. The molecular formula is C16H8OS3. The molecule has 5 aromatic rings. The molecule has 0 atom stereocenters. The number of benzene rings is 1. The summed E-state index contributed by atoms with van der Waals surface area (Å²) in [6.07, 6.45) is 0.